The highest BCUT2D eigenvalue weighted by atomic mass is 35.5. The van der Waals surface area contributed by atoms with E-state index in [2.05, 4.69) is 0 Å². The van der Waals surface area contributed by atoms with Crippen molar-refractivity contribution in [1.29, 1.82) is 0 Å². The molecule has 0 aromatic heterocycles. The van der Waals surface area contributed by atoms with Gasteiger partial charge >= 0.3 is 0 Å². The summed E-state index contributed by atoms with van der Waals surface area (Å²) in [5, 5.41) is 0.110. The van der Waals surface area contributed by atoms with E-state index in [1.54, 1.807) is 0 Å². The van der Waals surface area contributed by atoms with Crippen molar-refractivity contribution >= 4 is 21.4 Å². The Morgan fingerprint density at radius 2 is 2.00 bits per heavy atom. The molecule has 0 saturated heterocycles. The summed E-state index contributed by atoms with van der Waals surface area (Å²) in [6, 6.07) is 0. The van der Waals surface area contributed by atoms with Gasteiger partial charge in [0.05, 0.1) is 5.75 Å². The lowest BCUT2D eigenvalue weighted by molar-refractivity contribution is 0.478. The highest BCUT2D eigenvalue weighted by Crippen LogP contribution is 2.53. The maximum atomic E-state index is 10.9. The second kappa shape index (κ2) is 3.18. The third kappa shape index (κ3) is 2.63. The van der Waals surface area contributed by atoms with E-state index in [9.17, 15) is 8.42 Å². The molecule has 0 aliphatic heterocycles. The first kappa shape index (κ1) is 10.3. The first-order chi connectivity index (χ1) is 5.36. The van der Waals surface area contributed by atoms with Crippen LogP contribution in [0.3, 0.4) is 0 Å². The van der Waals surface area contributed by atoms with Crippen LogP contribution in [0.1, 0.15) is 26.2 Å². The van der Waals surface area contributed by atoms with Crippen LogP contribution < -0.4 is 0 Å². The summed E-state index contributed by atoms with van der Waals surface area (Å²) >= 11 is 5.97. The van der Waals surface area contributed by atoms with E-state index in [1.807, 2.05) is 6.92 Å². The standard InChI is InChI=1S/C8H15ClO2S/c1-7(9)8(3-4-8)5-6-12(2,10)11/h7H,3-6H2,1-2H3. The normalized spacial score (nSPS) is 23.6. The van der Waals surface area contributed by atoms with Crippen molar-refractivity contribution in [2.45, 2.75) is 31.6 Å². The van der Waals surface area contributed by atoms with Crippen molar-refractivity contribution in [1.82, 2.24) is 0 Å². The Hall–Kier alpha value is 0.240. The molecule has 1 aliphatic rings. The predicted molar refractivity (Wildman–Crippen MR) is 51.3 cm³/mol. The summed E-state index contributed by atoms with van der Waals surface area (Å²) in [5.41, 5.74) is 0.143. The average Bonchev–Trinajstić information content (AvgIpc) is 2.61. The van der Waals surface area contributed by atoms with E-state index < -0.39 is 9.84 Å². The fraction of sp³-hybridized carbons (Fsp3) is 1.00. The molecule has 1 fully saturated rings. The van der Waals surface area contributed by atoms with Crippen LogP contribution in [0, 0.1) is 5.41 Å². The second-order valence-electron chi connectivity index (χ2n) is 3.86. The van der Waals surface area contributed by atoms with Crippen LogP contribution in [0.15, 0.2) is 0 Å². The summed E-state index contributed by atoms with van der Waals surface area (Å²) in [4.78, 5) is 0. The lowest BCUT2D eigenvalue weighted by Crippen LogP contribution is -2.17. The summed E-state index contributed by atoms with van der Waals surface area (Å²) < 4.78 is 21.8. The van der Waals surface area contributed by atoms with Crippen LogP contribution in [0.5, 0.6) is 0 Å². The van der Waals surface area contributed by atoms with Crippen molar-refractivity contribution in [2.24, 2.45) is 5.41 Å². The van der Waals surface area contributed by atoms with Gasteiger partial charge in [0.1, 0.15) is 9.84 Å². The number of sulfone groups is 1. The molecule has 72 valence electrons. The van der Waals surface area contributed by atoms with Crippen LogP contribution >= 0.6 is 11.6 Å². The fourth-order valence-electron chi connectivity index (χ4n) is 1.40. The van der Waals surface area contributed by atoms with Gasteiger partial charge in [-0.15, -0.1) is 11.6 Å². The molecule has 1 atom stereocenters. The molecular weight excluding hydrogens is 196 g/mol. The van der Waals surface area contributed by atoms with Gasteiger partial charge in [0.15, 0.2) is 0 Å². The van der Waals surface area contributed by atoms with Crippen LogP contribution in [-0.2, 0) is 9.84 Å². The summed E-state index contributed by atoms with van der Waals surface area (Å²) in [5.74, 6) is 0.282. The van der Waals surface area contributed by atoms with E-state index in [-0.39, 0.29) is 16.5 Å². The molecule has 1 saturated carbocycles. The quantitative estimate of drug-likeness (QED) is 0.664. The van der Waals surface area contributed by atoms with Crippen LogP contribution in [0.25, 0.3) is 0 Å². The molecule has 0 spiro atoms. The summed E-state index contributed by atoms with van der Waals surface area (Å²) in [6.07, 6.45) is 4.19. The fourth-order valence-corrected chi connectivity index (χ4v) is 2.50. The third-order valence-corrected chi connectivity index (χ3v) is 4.12. The Balaban J connectivity index is 2.43. The smallest absolute Gasteiger partial charge is 0.147 e. The van der Waals surface area contributed by atoms with E-state index in [0.29, 0.717) is 0 Å². The largest absolute Gasteiger partial charge is 0.229 e. The molecule has 0 radical (unpaired) electrons. The molecule has 12 heavy (non-hydrogen) atoms. The third-order valence-electron chi connectivity index (χ3n) is 2.71. The minimum Gasteiger partial charge on any atom is -0.229 e. The zero-order valence-electron chi connectivity index (χ0n) is 7.51. The Labute approximate surface area is 79.2 Å². The lowest BCUT2D eigenvalue weighted by atomic mass is 10.0. The van der Waals surface area contributed by atoms with Crippen molar-refractivity contribution in [3.63, 3.8) is 0 Å². The molecule has 0 aromatic carbocycles. The topological polar surface area (TPSA) is 34.1 Å². The van der Waals surface area contributed by atoms with Gasteiger partial charge in [-0.1, -0.05) is 0 Å². The molecule has 0 amide bonds. The van der Waals surface area contributed by atoms with Gasteiger partial charge in [0.25, 0.3) is 0 Å². The zero-order valence-corrected chi connectivity index (χ0v) is 9.08. The van der Waals surface area contributed by atoms with E-state index >= 15 is 0 Å². The van der Waals surface area contributed by atoms with E-state index in [1.165, 1.54) is 6.26 Å². The summed E-state index contributed by atoms with van der Waals surface area (Å²) in [6.45, 7) is 1.96. The van der Waals surface area contributed by atoms with Crippen molar-refractivity contribution in [3.05, 3.63) is 0 Å². The SMILES string of the molecule is CC(Cl)C1(CCS(C)(=O)=O)CC1. The molecule has 4 heteroatoms. The molecule has 0 bridgehead atoms. The van der Waals surface area contributed by atoms with Gasteiger partial charge in [-0.3, -0.25) is 0 Å². The van der Waals surface area contributed by atoms with Gasteiger partial charge in [0, 0.05) is 11.6 Å². The van der Waals surface area contributed by atoms with Crippen molar-refractivity contribution < 1.29 is 8.42 Å². The molecule has 1 aliphatic carbocycles. The van der Waals surface area contributed by atoms with E-state index in [4.69, 9.17) is 11.6 Å². The molecular formula is C8H15ClO2S. The summed E-state index contributed by atoms with van der Waals surface area (Å²) in [7, 11) is -2.81. The molecule has 0 N–H and O–H groups in total. The van der Waals surface area contributed by atoms with Crippen LogP contribution in [0.4, 0.5) is 0 Å². The van der Waals surface area contributed by atoms with Crippen LogP contribution in [-0.4, -0.2) is 25.8 Å². The maximum absolute atomic E-state index is 10.9. The Morgan fingerprint density at radius 3 is 2.25 bits per heavy atom. The first-order valence-corrected chi connectivity index (χ1v) is 6.67. The van der Waals surface area contributed by atoms with E-state index in [0.717, 1.165) is 19.3 Å². The van der Waals surface area contributed by atoms with Gasteiger partial charge in [-0.25, -0.2) is 8.42 Å². The lowest BCUT2D eigenvalue weighted by Gasteiger charge is -2.16. The molecule has 0 aromatic rings. The first-order valence-electron chi connectivity index (χ1n) is 4.18. The monoisotopic (exact) mass is 210 g/mol. The molecule has 1 unspecified atom stereocenters. The molecule has 2 nitrogen and oxygen atoms in total. The number of alkyl halides is 1. The van der Waals surface area contributed by atoms with Crippen molar-refractivity contribution in [2.75, 3.05) is 12.0 Å². The number of rotatable bonds is 4. The highest BCUT2D eigenvalue weighted by Gasteiger charge is 2.46. The van der Waals surface area contributed by atoms with Gasteiger partial charge in [-0.05, 0) is 31.6 Å². The minimum absolute atomic E-state index is 0.110. The molecule has 1 rings (SSSR count). The average molecular weight is 211 g/mol. The maximum Gasteiger partial charge on any atom is 0.147 e. The van der Waals surface area contributed by atoms with Crippen LogP contribution in [0.2, 0.25) is 0 Å². The van der Waals surface area contributed by atoms with Gasteiger partial charge in [0.2, 0.25) is 0 Å². The Bertz CT molecular complexity index is 252. The van der Waals surface area contributed by atoms with Crippen molar-refractivity contribution in [3.8, 4) is 0 Å². The zero-order chi connectivity index (χ0) is 9.41. The predicted octanol–water partition coefficient (Wildman–Crippen LogP) is 1.83. The van der Waals surface area contributed by atoms with Gasteiger partial charge < -0.3 is 0 Å². The number of halogens is 1. The number of hydrogen-bond donors (Lipinski definition) is 0. The minimum atomic E-state index is -2.81. The highest BCUT2D eigenvalue weighted by molar-refractivity contribution is 7.90. The molecule has 0 heterocycles. The second-order valence-corrected chi connectivity index (χ2v) is 6.77. The number of hydrogen-bond acceptors (Lipinski definition) is 2. The Morgan fingerprint density at radius 1 is 1.50 bits per heavy atom. The Kier molecular flexibility index (Phi) is 2.74. The van der Waals surface area contributed by atoms with Gasteiger partial charge in [-0.2, -0.15) is 0 Å².